The molecule has 0 spiro atoms. The van der Waals surface area contributed by atoms with Gasteiger partial charge in [-0.3, -0.25) is 9.69 Å². The third-order valence-electron chi connectivity index (χ3n) is 4.28. The summed E-state index contributed by atoms with van der Waals surface area (Å²) < 4.78 is 0. The summed E-state index contributed by atoms with van der Waals surface area (Å²) in [5.41, 5.74) is 0. The number of carbonyl (C=O) groups is 1. The minimum Gasteiger partial charge on any atom is -0.352 e. The van der Waals surface area contributed by atoms with E-state index >= 15 is 0 Å². The summed E-state index contributed by atoms with van der Waals surface area (Å²) in [5.74, 6) is 0.987. The van der Waals surface area contributed by atoms with Gasteiger partial charge in [0.15, 0.2) is 0 Å². The van der Waals surface area contributed by atoms with E-state index in [0.29, 0.717) is 12.6 Å². The molecule has 2 N–H and O–H groups in total. The van der Waals surface area contributed by atoms with Crippen LogP contribution in [0.4, 0.5) is 0 Å². The highest BCUT2D eigenvalue weighted by molar-refractivity contribution is 5.78. The molecule has 20 heavy (non-hydrogen) atoms. The molecule has 1 amide bonds. The lowest BCUT2D eigenvalue weighted by atomic mass is 9.97. The van der Waals surface area contributed by atoms with Crippen LogP contribution < -0.4 is 10.6 Å². The third-order valence-corrected chi connectivity index (χ3v) is 4.28. The van der Waals surface area contributed by atoms with Crippen LogP contribution >= 0.6 is 0 Å². The molecule has 118 valence electrons. The molecule has 0 unspecified atom stereocenters. The van der Waals surface area contributed by atoms with E-state index in [1.54, 1.807) is 0 Å². The maximum Gasteiger partial charge on any atom is 0.234 e. The average Bonchev–Trinajstić information content (AvgIpc) is 2.47. The Morgan fingerprint density at radius 3 is 2.40 bits per heavy atom. The van der Waals surface area contributed by atoms with Gasteiger partial charge in [-0.2, -0.15) is 0 Å². The number of nitrogens with one attached hydrogen (secondary N) is 2. The maximum atomic E-state index is 12.0. The van der Waals surface area contributed by atoms with Crippen LogP contribution in [0.2, 0.25) is 0 Å². The number of likely N-dealkylation sites (tertiary alicyclic amines) is 1. The second-order valence-corrected chi connectivity index (χ2v) is 6.00. The number of nitrogens with zero attached hydrogens (tertiary/aromatic N) is 1. The zero-order valence-corrected chi connectivity index (χ0v) is 13.6. The molecule has 4 heteroatoms. The van der Waals surface area contributed by atoms with Gasteiger partial charge in [0.1, 0.15) is 0 Å². The predicted molar refractivity (Wildman–Crippen MR) is 84.8 cm³/mol. The van der Waals surface area contributed by atoms with E-state index in [1.165, 1.54) is 19.3 Å². The number of rotatable bonds is 9. The van der Waals surface area contributed by atoms with Gasteiger partial charge < -0.3 is 10.6 Å². The fraction of sp³-hybridized carbons (Fsp3) is 0.938. The molecular formula is C16H33N3O. The van der Waals surface area contributed by atoms with Crippen molar-refractivity contribution in [3.05, 3.63) is 0 Å². The molecule has 0 bridgehead atoms. The standard InChI is InChI=1S/C16H33N3O/c1-4-9-17-12-14-7-10-19(11-8-14)13-16(20)18-15(5-2)6-3/h14-15,17H,4-13H2,1-3H3,(H,18,20). The van der Waals surface area contributed by atoms with Crippen molar-refractivity contribution < 1.29 is 4.79 Å². The molecule has 0 saturated carbocycles. The van der Waals surface area contributed by atoms with Gasteiger partial charge in [0, 0.05) is 6.04 Å². The van der Waals surface area contributed by atoms with Gasteiger partial charge in [0.25, 0.3) is 0 Å². The molecule has 1 saturated heterocycles. The molecule has 1 aliphatic heterocycles. The summed E-state index contributed by atoms with van der Waals surface area (Å²) in [5, 5.41) is 6.63. The topological polar surface area (TPSA) is 44.4 Å². The van der Waals surface area contributed by atoms with Crippen molar-refractivity contribution in [2.45, 2.75) is 58.9 Å². The molecule has 1 aliphatic rings. The summed E-state index contributed by atoms with van der Waals surface area (Å²) in [6.07, 6.45) is 5.68. The van der Waals surface area contributed by atoms with Crippen LogP contribution in [0.5, 0.6) is 0 Å². The summed E-state index contributed by atoms with van der Waals surface area (Å²) in [4.78, 5) is 14.3. The quantitative estimate of drug-likeness (QED) is 0.636. The Labute approximate surface area is 124 Å². The summed E-state index contributed by atoms with van der Waals surface area (Å²) in [7, 11) is 0. The first-order chi connectivity index (χ1) is 9.69. The first kappa shape index (κ1) is 17.4. The fourth-order valence-corrected chi connectivity index (χ4v) is 2.80. The Hall–Kier alpha value is -0.610. The number of hydrogen-bond donors (Lipinski definition) is 2. The Balaban J connectivity index is 2.16. The molecule has 1 rings (SSSR count). The zero-order chi connectivity index (χ0) is 14.8. The third kappa shape index (κ3) is 6.71. The Bertz CT molecular complexity index is 258. The Kier molecular flexibility index (Phi) is 8.86. The molecule has 0 aromatic heterocycles. The van der Waals surface area contributed by atoms with Gasteiger partial charge in [-0.15, -0.1) is 0 Å². The lowest BCUT2D eigenvalue weighted by Gasteiger charge is -2.32. The van der Waals surface area contributed by atoms with Crippen molar-refractivity contribution in [1.29, 1.82) is 0 Å². The summed E-state index contributed by atoms with van der Waals surface area (Å²) in [6, 6.07) is 0.346. The van der Waals surface area contributed by atoms with Crippen LogP contribution in [0.3, 0.4) is 0 Å². The van der Waals surface area contributed by atoms with Crippen molar-refractivity contribution in [1.82, 2.24) is 15.5 Å². The normalized spacial score (nSPS) is 17.6. The van der Waals surface area contributed by atoms with Crippen molar-refractivity contribution in [2.75, 3.05) is 32.7 Å². The van der Waals surface area contributed by atoms with E-state index in [0.717, 1.165) is 44.9 Å². The van der Waals surface area contributed by atoms with Crippen molar-refractivity contribution >= 4 is 5.91 Å². The van der Waals surface area contributed by atoms with Crippen LogP contribution in [0, 0.1) is 5.92 Å². The van der Waals surface area contributed by atoms with Crippen LogP contribution in [0.1, 0.15) is 52.9 Å². The van der Waals surface area contributed by atoms with Crippen molar-refractivity contribution in [2.24, 2.45) is 5.92 Å². The largest absolute Gasteiger partial charge is 0.352 e. The highest BCUT2D eigenvalue weighted by Gasteiger charge is 2.21. The van der Waals surface area contributed by atoms with Crippen LogP contribution in [0.25, 0.3) is 0 Å². The van der Waals surface area contributed by atoms with Crippen LogP contribution in [-0.2, 0) is 4.79 Å². The molecule has 0 radical (unpaired) electrons. The Morgan fingerprint density at radius 2 is 1.85 bits per heavy atom. The minimum absolute atomic E-state index is 0.196. The predicted octanol–water partition coefficient (Wildman–Crippen LogP) is 2.00. The zero-order valence-electron chi connectivity index (χ0n) is 13.6. The SMILES string of the molecule is CCCNCC1CCN(CC(=O)NC(CC)CC)CC1. The number of piperidine rings is 1. The maximum absolute atomic E-state index is 12.0. The highest BCUT2D eigenvalue weighted by Crippen LogP contribution is 2.16. The molecular weight excluding hydrogens is 250 g/mol. The summed E-state index contributed by atoms with van der Waals surface area (Å²) in [6.45, 7) is 11.4. The van der Waals surface area contributed by atoms with Gasteiger partial charge in [-0.1, -0.05) is 20.8 Å². The molecule has 1 fully saturated rings. The molecule has 0 atom stereocenters. The van der Waals surface area contributed by atoms with Crippen LogP contribution in [-0.4, -0.2) is 49.6 Å². The number of hydrogen-bond acceptors (Lipinski definition) is 3. The van der Waals surface area contributed by atoms with E-state index in [1.807, 2.05) is 0 Å². The van der Waals surface area contributed by atoms with E-state index in [2.05, 4.69) is 36.3 Å². The lowest BCUT2D eigenvalue weighted by molar-refractivity contribution is -0.123. The van der Waals surface area contributed by atoms with Crippen molar-refractivity contribution in [3.63, 3.8) is 0 Å². The van der Waals surface area contributed by atoms with Gasteiger partial charge >= 0.3 is 0 Å². The summed E-state index contributed by atoms with van der Waals surface area (Å²) >= 11 is 0. The highest BCUT2D eigenvalue weighted by atomic mass is 16.2. The molecule has 0 aromatic rings. The van der Waals surface area contributed by atoms with E-state index in [9.17, 15) is 4.79 Å². The van der Waals surface area contributed by atoms with Crippen LogP contribution in [0.15, 0.2) is 0 Å². The molecule has 1 heterocycles. The van der Waals surface area contributed by atoms with E-state index in [4.69, 9.17) is 0 Å². The van der Waals surface area contributed by atoms with Crippen molar-refractivity contribution in [3.8, 4) is 0 Å². The molecule has 4 nitrogen and oxygen atoms in total. The molecule has 0 aliphatic carbocycles. The van der Waals surface area contributed by atoms with Gasteiger partial charge in [0.05, 0.1) is 6.54 Å². The fourth-order valence-electron chi connectivity index (χ4n) is 2.80. The second-order valence-electron chi connectivity index (χ2n) is 6.00. The van der Waals surface area contributed by atoms with Gasteiger partial charge in [0.2, 0.25) is 5.91 Å². The lowest BCUT2D eigenvalue weighted by Crippen LogP contribution is -2.45. The first-order valence-corrected chi connectivity index (χ1v) is 8.41. The minimum atomic E-state index is 0.196. The van der Waals surface area contributed by atoms with Gasteiger partial charge in [-0.25, -0.2) is 0 Å². The number of amides is 1. The first-order valence-electron chi connectivity index (χ1n) is 8.41. The Morgan fingerprint density at radius 1 is 1.20 bits per heavy atom. The number of carbonyl (C=O) groups excluding carboxylic acids is 1. The average molecular weight is 283 g/mol. The van der Waals surface area contributed by atoms with Gasteiger partial charge in [-0.05, 0) is 64.2 Å². The smallest absolute Gasteiger partial charge is 0.234 e. The van der Waals surface area contributed by atoms with E-state index in [-0.39, 0.29) is 5.91 Å². The molecule has 0 aromatic carbocycles. The second kappa shape index (κ2) is 10.2. The van der Waals surface area contributed by atoms with E-state index < -0.39 is 0 Å². The monoisotopic (exact) mass is 283 g/mol.